The molecule has 2 rings (SSSR count). The van der Waals surface area contributed by atoms with Crippen molar-refractivity contribution in [2.45, 2.75) is 6.92 Å². The number of nitrogens with one attached hydrogen (secondary N) is 3. The zero-order chi connectivity index (χ0) is 19.6. The van der Waals surface area contributed by atoms with Crippen LogP contribution in [0.25, 0.3) is 0 Å². The smallest absolute Gasteiger partial charge is 0.243 e. The molecule has 0 aliphatic rings. The molecule has 0 saturated heterocycles. The third kappa shape index (κ3) is 6.18. The molecular formula is C19H23FN4O3. The van der Waals surface area contributed by atoms with E-state index >= 15 is 0 Å². The number of rotatable bonds is 7. The van der Waals surface area contributed by atoms with Gasteiger partial charge in [-0.3, -0.25) is 9.79 Å². The van der Waals surface area contributed by atoms with Gasteiger partial charge in [0.15, 0.2) is 17.5 Å². The summed E-state index contributed by atoms with van der Waals surface area (Å²) in [5.41, 5.74) is 1.11. The van der Waals surface area contributed by atoms with Crippen LogP contribution in [0.5, 0.6) is 11.5 Å². The molecule has 0 saturated carbocycles. The summed E-state index contributed by atoms with van der Waals surface area (Å²) in [7, 11) is 3.15. The van der Waals surface area contributed by atoms with E-state index < -0.39 is 5.82 Å². The molecule has 1 amide bonds. The minimum absolute atomic E-state index is 0.0374. The Morgan fingerprint density at radius 2 is 1.89 bits per heavy atom. The molecule has 3 N–H and O–H groups in total. The molecule has 0 spiro atoms. The first kappa shape index (κ1) is 20.0. The molecule has 0 aliphatic carbocycles. The maximum Gasteiger partial charge on any atom is 0.243 e. The van der Waals surface area contributed by atoms with Crippen molar-refractivity contribution >= 4 is 23.2 Å². The zero-order valence-electron chi connectivity index (χ0n) is 15.5. The van der Waals surface area contributed by atoms with E-state index in [0.717, 1.165) is 0 Å². The lowest BCUT2D eigenvalue weighted by Crippen LogP contribution is -2.37. The SMILES string of the molecule is CCOc1ccc(NC(=NC)NCC(=O)Nc2cccc(F)c2)cc1OC. The van der Waals surface area contributed by atoms with E-state index in [-0.39, 0.29) is 12.5 Å². The summed E-state index contributed by atoms with van der Waals surface area (Å²) in [5.74, 6) is 0.884. The highest BCUT2D eigenvalue weighted by molar-refractivity contribution is 5.99. The van der Waals surface area contributed by atoms with Gasteiger partial charge in [-0.15, -0.1) is 0 Å². The van der Waals surface area contributed by atoms with E-state index in [1.165, 1.54) is 18.2 Å². The van der Waals surface area contributed by atoms with Crippen LogP contribution in [0.2, 0.25) is 0 Å². The maximum atomic E-state index is 13.2. The van der Waals surface area contributed by atoms with E-state index in [1.54, 1.807) is 32.4 Å². The van der Waals surface area contributed by atoms with Crippen molar-refractivity contribution in [1.29, 1.82) is 0 Å². The first-order chi connectivity index (χ1) is 13.0. The van der Waals surface area contributed by atoms with Crippen molar-refractivity contribution in [3.8, 4) is 11.5 Å². The van der Waals surface area contributed by atoms with Gasteiger partial charge < -0.3 is 25.4 Å². The Morgan fingerprint density at radius 1 is 1.11 bits per heavy atom. The second-order valence-electron chi connectivity index (χ2n) is 5.41. The van der Waals surface area contributed by atoms with Crippen LogP contribution in [0.1, 0.15) is 6.92 Å². The standard InChI is InChI=1S/C19H23FN4O3/c1-4-27-16-9-8-15(11-17(16)26-3)24-19(21-2)22-12-18(25)23-14-7-5-6-13(20)10-14/h5-11H,4,12H2,1-3H3,(H,23,25)(H2,21,22,24). The minimum Gasteiger partial charge on any atom is -0.493 e. The highest BCUT2D eigenvalue weighted by atomic mass is 19.1. The normalized spacial score (nSPS) is 10.9. The van der Waals surface area contributed by atoms with Gasteiger partial charge in [0.05, 0.1) is 20.3 Å². The number of aliphatic imine (C=N–C) groups is 1. The van der Waals surface area contributed by atoms with Crippen LogP contribution in [-0.2, 0) is 4.79 Å². The first-order valence-corrected chi connectivity index (χ1v) is 8.39. The third-order valence-corrected chi connectivity index (χ3v) is 3.47. The second-order valence-corrected chi connectivity index (χ2v) is 5.41. The van der Waals surface area contributed by atoms with Crippen LogP contribution in [0, 0.1) is 5.82 Å². The van der Waals surface area contributed by atoms with Gasteiger partial charge in [0.1, 0.15) is 5.82 Å². The van der Waals surface area contributed by atoms with Crippen molar-refractivity contribution in [2.24, 2.45) is 4.99 Å². The zero-order valence-corrected chi connectivity index (χ0v) is 15.5. The van der Waals surface area contributed by atoms with Gasteiger partial charge in [-0.05, 0) is 37.3 Å². The van der Waals surface area contributed by atoms with E-state index in [4.69, 9.17) is 9.47 Å². The average Bonchev–Trinajstić information content (AvgIpc) is 2.66. The van der Waals surface area contributed by atoms with Crippen molar-refractivity contribution in [1.82, 2.24) is 5.32 Å². The fraction of sp³-hybridized carbons (Fsp3) is 0.263. The predicted octanol–water partition coefficient (Wildman–Crippen LogP) is 2.86. The number of methoxy groups -OCH3 is 1. The summed E-state index contributed by atoms with van der Waals surface area (Å²) in [6, 6.07) is 11.1. The molecule has 0 aromatic heterocycles. The molecule has 0 atom stereocenters. The number of carbonyl (C=O) groups is 1. The number of halogens is 1. The lowest BCUT2D eigenvalue weighted by atomic mass is 10.2. The number of carbonyl (C=O) groups excluding carboxylic acids is 1. The monoisotopic (exact) mass is 374 g/mol. The summed E-state index contributed by atoms with van der Waals surface area (Å²) in [4.78, 5) is 16.1. The number of hydrogen-bond acceptors (Lipinski definition) is 4. The summed E-state index contributed by atoms with van der Waals surface area (Å²) in [6.07, 6.45) is 0. The van der Waals surface area contributed by atoms with Crippen molar-refractivity contribution in [2.75, 3.05) is 37.9 Å². The summed E-state index contributed by atoms with van der Waals surface area (Å²) in [5, 5.41) is 8.56. The summed E-state index contributed by atoms with van der Waals surface area (Å²) >= 11 is 0. The van der Waals surface area contributed by atoms with Crippen molar-refractivity contribution in [3.05, 3.63) is 48.3 Å². The molecule has 0 radical (unpaired) electrons. The van der Waals surface area contributed by atoms with Crippen LogP contribution < -0.4 is 25.4 Å². The van der Waals surface area contributed by atoms with Crippen molar-refractivity contribution < 1.29 is 18.7 Å². The predicted molar refractivity (Wildman–Crippen MR) is 104 cm³/mol. The van der Waals surface area contributed by atoms with Gasteiger partial charge >= 0.3 is 0 Å². The molecular weight excluding hydrogens is 351 g/mol. The van der Waals surface area contributed by atoms with Crippen LogP contribution in [0.3, 0.4) is 0 Å². The molecule has 27 heavy (non-hydrogen) atoms. The van der Waals surface area contributed by atoms with Gasteiger partial charge in [0.2, 0.25) is 5.91 Å². The van der Waals surface area contributed by atoms with E-state index in [2.05, 4.69) is 20.9 Å². The number of guanidine groups is 1. The molecule has 0 bridgehead atoms. The van der Waals surface area contributed by atoms with Gasteiger partial charge in [-0.25, -0.2) is 4.39 Å². The Bertz CT molecular complexity index is 811. The number of anilines is 2. The van der Waals surface area contributed by atoms with Gasteiger partial charge in [0.25, 0.3) is 0 Å². The summed E-state index contributed by atoms with van der Waals surface area (Å²) in [6.45, 7) is 2.39. The van der Waals surface area contributed by atoms with Crippen LogP contribution >= 0.6 is 0 Å². The molecule has 8 heteroatoms. The highest BCUT2D eigenvalue weighted by Gasteiger charge is 2.08. The average molecular weight is 374 g/mol. The number of amides is 1. The highest BCUT2D eigenvalue weighted by Crippen LogP contribution is 2.30. The Labute approximate surface area is 157 Å². The van der Waals surface area contributed by atoms with E-state index in [9.17, 15) is 9.18 Å². The van der Waals surface area contributed by atoms with Crippen LogP contribution in [0.15, 0.2) is 47.5 Å². The second kappa shape index (κ2) is 10.0. The van der Waals surface area contributed by atoms with Gasteiger partial charge in [0, 0.05) is 24.5 Å². The Kier molecular flexibility index (Phi) is 7.42. The molecule has 0 heterocycles. The number of hydrogen-bond donors (Lipinski definition) is 3. The molecule has 2 aromatic carbocycles. The lowest BCUT2D eigenvalue weighted by Gasteiger charge is -2.14. The number of nitrogens with zero attached hydrogens (tertiary/aromatic N) is 1. The molecule has 2 aromatic rings. The van der Waals surface area contributed by atoms with Crippen LogP contribution in [-0.4, -0.2) is 39.2 Å². The largest absolute Gasteiger partial charge is 0.493 e. The topological polar surface area (TPSA) is 84.0 Å². The Balaban J connectivity index is 1.93. The summed E-state index contributed by atoms with van der Waals surface area (Å²) < 4.78 is 23.9. The van der Waals surface area contributed by atoms with Crippen molar-refractivity contribution in [3.63, 3.8) is 0 Å². The number of ether oxygens (including phenoxy) is 2. The lowest BCUT2D eigenvalue weighted by molar-refractivity contribution is -0.115. The van der Waals surface area contributed by atoms with Crippen LogP contribution in [0.4, 0.5) is 15.8 Å². The molecule has 0 fully saturated rings. The fourth-order valence-electron chi connectivity index (χ4n) is 2.27. The molecule has 0 unspecified atom stereocenters. The minimum atomic E-state index is -0.414. The first-order valence-electron chi connectivity index (χ1n) is 8.39. The van der Waals surface area contributed by atoms with E-state index in [1.807, 2.05) is 13.0 Å². The Hall–Kier alpha value is -3.29. The Morgan fingerprint density at radius 3 is 2.56 bits per heavy atom. The third-order valence-electron chi connectivity index (χ3n) is 3.47. The quantitative estimate of drug-likeness (QED) is 0.513. The van der Waals surface area contributed by atoms with E-state index in [0.29, 0.717) is 35.4 Å². The van der Waals surface area contributed by atoms with Gasteiger partial charge in [-0.1, -0.05) is 6.07 Å². The number of benzene rings is 2. The van der Waals surface area contributed by atoms with Gasteiger partial charge in [-0.2, -0.15) is 0 Å². The molecule has 0 aliphatic heterocycles. The molecule has 7 nitrogen and oxygen atoms in total. The fourth-order valence-corrected chi connectivity index (χ4v) is 2.27. The molecule has 144 valence electrons. The maximum absolute atomic E-state index is 13.2.